The standard InChI is InChI=1S/C21H38O14.C14H26O10.C8H16O5.CH4/c1-4-8-12(23)16(27)17(28)20(34-8)31-6-10-14(25)19(30-3)18(29)21(35-10)32-5-9-13(24)15(26)11(22)7(2)33-9;1-5-8(16)11(19)9(17)7(23-5)4-22-14-12(20)13(21-2)10(18)6(3-15)24-14;1-4-6(10)8(12-2)7(11)5(3-9)13-4;/h7-29H,4-6H2,1-3H3;5-20H,3-4H2,1-2H3;4-11H,3H2,1-2H3;1H4/t7-,8?,9?,10?,11?,12-,13-,14-,15+,16?,17?,18?,19-,20+,21+;5-,6?,7?,8?,9-,10-,11+,12?,13-,14+;4-,5?,6?,7-,8+;/m000./s1. The molecule has 17 N–H and O–H groups in total. The molecule has 0 spiro atoms. The monoisotopic (exact) mass is 1080 g/mol. The van der Waals surface area contributed by atoms with Crippen molar-refractivity contribution < 1.29 is 144 Å². The average molecular weight is 1080 g/mol. The summed E-state index contributed by atoms with van der Waals surface area (Å²) in [5.41, 5.74) is 0. The van der Waals surface area contributed by atoms with Crippen molar-refractivity contribution in [2.75, 3.05) is 54.4 Å². The molecule has 0 amide bonds. The van der Waals surface area contributed by atoms with Crippen molar-refractivity contribution >= 4 is 0 Å². The van der Waals surface area contributed by atoms with Crippen molar-refractivity contribution in [3.05, 3.63) is 0 Å². The zero-order valence-electron chi connectivity index (χ0n) is 41.1. The van der Waals surface area contributed by atoms with E-state index in [1.54, 1.807) is 13.8 Å². The molecule has 29 nitrogen and oxygen atoms in total. The average Bonchev–Trinajstić information content (AvgIpc) is 3.36. The first-order valence-electron chi connectivity index (χ1n) is 23.7. The molecule has 434 valence electrons. The molecule has 0 saturated carbocycles. The summed E-state index contributed by atoms with van der Waals surface area (Å²) in [7, 11) is 3.97. The van der Waals surface area contributed by atoms with Gasteiger partial charge in [-0.1, -0.05) is 14.4 Å². The van der Waals surface area contributed by atoms with E-state index in [-0.39, 0.29) is 33.9 Å². The summed E-state index contributed by atoms with van der Waals surface area (Å²) in [6.07, 6.45) is -33.7. The minimum Gasteiger partial charge on any atom is -0.394 e. The minimum absolute atomic E-state index is 0. The van der Waals surface area contributed by atoms with E-state index >= 15 is 0 Å². The van der Waals surface area contributed by atoms with E-state index in [0.717, 1.165) is 0 Å². The Balaban J connectivity index is 0.000000319. The Labute approximate surface area is 422 Å². The molecule has 0 bridgehead atoms. The van der Waals surface area contributed by atoms with Gasteiger partial charge in [-0.05, 0) is 27.2 Å². The lowest BCUT2D eigenvalue weighted by molar-refractivity contribution is -0.336. The second-order valence-corrected chi connectivity index (χ2v) is 18.5. The molecule has 13 unspecified atom stereocenters. The number of hydrogen-bond acceptors (Lipinski definition) is 29. The maximum absolute atomic E-state index is 10.6. The highest BCUT2D eigenvalue weighted by Gasteiger charge is 2.51. The van der Waals surface area contributed by atoms with E-state index < -0.39 is 190 Å². The van der Waals surface area contributed by atoms with Gasteiger partial charge in [0, 0.05) is 21.3 Å². The van der Waals surface area contributed by atoms with Crippen LogP contribution in [0, 0.1) is 0 Å². The fourth-order valence-electron chi connectivity index (χ4n) is 8.98. The van der Waals surface area contributed by atoms with Gasteiger partial charge in [-0.25, -0.2) is 0 Å². The summed E-state index contributed by atoms with van der Waals surface area (Å²) >= 11 is 0. The van der Waals surface area contributed by atoms with E-state index in [4.69, 9.17) is 61.9 Å². The first kappa shape index (κ1) is 66.1. The number of hydrogen-bond donors (Lipinski definition) is 17. The van der Waals surface area contributed by atoms with E-state index in [2.05, 4.69) is 0 Å². The Morgan fingerprint density at radius 1 is 0.315 bits per heavy atom. The highest BCUT2D eigenvalue weighted by Crippen LogP contribution is 2.31. The predicted molar refractivity (Wildman–Crippen MR) is 241 cm³/mol. The second-order valence-electron chi connectivity index (χ2n) is 18.5. The summed E-state index contributed by atoms with van der Waals surface area (Å²) in [5, 5.41) is 168. The molecule has 29 heteroatoms. The van der Waals surface area contributed by atoms with Crippen LogP contribution in [-0.4, -0.2) is 325 Å². The van der Waals surface area contributed by atoms with Crippen LogP contribution in [0.2, 0.25) is 0 Å². The summed E-state index contributed by atoms with van der Waals surface area (Å²) < 4.78 is 64.1. The van der Waals surface area contributed by atoms with Crippen molar-refractivity contribution in [3.8, 4) is 0 Å². The van der Waals surface area contributed by atoms with E-state index in [1.165, 1.54) is 35.2 Å². The maximum atomic E-state index is 10.6. The molecule has 0 aromatic heterocycles. The normalized spacial score (nSPS) is 49.3. The summed E-state index contributed by atoms with van der Waals surface area (Å²) in [6, 6.07) is 0. The number of aliphatic hydroxyl groups is 17. The van der Waals surface area contributed by atoms with Gasteiger partial charge in [-0.15, -0.1) is 0 Å². The molecule has 6 aliphatic heterocycles. The number of aliphatic hydroxyl groups excluding tert-OH is 17. The molecule has 0 aliphatic carbocycles. The van der Waals surface area contributed by atoms with Crippen molar-refractivity contribution in [1.82, 2.24) is 0 Å². The Bertz CT molecular complexity index is 1530. The van der Waals surface area contributed by atoms with Crippen LogP contribution >= 0.6 is 0 Å². The van der Waals surface area contributed by atoms with Gasteiger partial charge in [0.15, 0.2) is 18.9 Å². The molecule has 30 atom stereocenters. The third-order valence-corrected chi connectivity index (χ3v) is 13.6. The largest absolute Gasteiger partial charge is 0.394 e. The topological polar surface area (TPSA) is 455 Å². The molecular formula is C44H84O29. The third-order valence-electron chi connectivity index (χ3n) is 13.6. The van der Waals surface area contributed by atoms with Gasteiger partial charge in [-0.3, -0.25) is 0 Å². The number of ether oxygens (including phenoxy) is 12. The molecular weight excluding hydrogens is 992 g/mol. The first-order chi connectivity index (χ1) is 33.9. The molecule has 73 heavy (non-hydrogen) atoms. The summed E-state index contributed by atoms with van der Waals surface area (Å²) in [4.78, 5) is 0. The molecule has 6 heterocycles. The van der Waals surface area contributed by atoms with Crippen LogP contribution in [0.25, 0.3) is 0 Å². The SMILES string of the molecule is C.CCC1O[C@@H](OCC2O[C@@H](OCC3O[C@@H](C)C(O)[C@@H](O)[C@H]3O)C(O)[C@@H](OC)[C@H]2O)C(O)C(O)[C@H]1O.CO[C@@H]1C(O)[C@H](C)OC(CO)[C@@H]1O.CO[C@@H]1C(O)[C@H](OCC2O[C@@H](C)C(O)[C@@H](O)[C@H]2O)OC(CO)[C@@H]1O. The van der Waals surface area contributed by atoms with Gasteiger partial charge >= 0.3 is 0 Å². The maximum Gasteiger partial charge on any atom is 0.186 e. The third kappa shape index (κ3) is 15.8. The first-order valence-corrected chi connectivity index (χ1v) is 23.7. The van der Waals surface area contributed by atoms with Crippen LogP contribution in [0.1, 0.15) is 41.5 Å². The van der Waals surface area contributed by atoms with Crippen LogP contribution in [0.3, 0.4) is 0 Å². The quantitative estimate of drug-likeness (QED) is 0.0724. The molecule has 6 aliphatic rings. The lowest BCUT2D eigenvalue weighted by Gasteiger charge is -2.44. The van der Waals surface area contributed by atoms with Gasteiger partial charge < -0.3 is 144 Å². The van der Waals surface area contributed by atoms with Crippen molar-refractivity contribution in [2.45, 2.75) is 225 Å². The zero-order valence-corrected chi connectivity index (χ0v) is 41.1. The lowest BCUT2D eigenvalue weighted by Crippen LogP contribution is -2.62. The zero-order chi connectivity index (χ0) is 54.0. The van der Waals surface area contributed by atoms with Gasteiger partial charge in [0.1, 0.15) is 140 Å². The van der Waals surface area contributed by atoms with Crippen LogP contribution in [0.15, 0.2) is 0 Å². The van der Waals surface area contributed by atoms with Crippen LogP contribution in [0.5, 0.6) is 0 Å². The lowest BCUT2D eigenvalue weighted by atomic mass is 9.96. The van der Waals surface area contributed by atoms with E-state index in [9.17, 15) is 81.7 Å². The van der Waals surface area contributed by atoms with Crippen LogP contribution < -0.4 is 0 Å². The van der Waals surface area contributed by atoms with Crippen molar-refractivity contribution in [2.24, 2.45) is 0 Å². The van der Waals surface area contributed by atoms with Crippen molar-refractivity contribution in [3.63, 3.8) is 0 Å². The molecule has 0 aromatic carbocycles. The second kappa shape index (κ2) is 30.3. The fraction of sp³-hybridized carbons (Fsp3) is 1.00. The summed E-state index contributed by atoms with van der Waals surface area (Å²) in [6.45, 7) is 4.73. The highest BCUT2D eigenvalue weighted by molar-refractivity contribution is 4.96. The van der Waals surface area contributed by atoms with Gasteiger partial charge in [0.25, 0.3) is 0 Å². The molecule has 6 rings (SSSR count). The molecule has 6 fully saturated rings. The van der Waals surface area contributed by atoms with Gasteiger partial charge in [0.2, 0.25) is 0 Å². The van der Waals surface area contributed by atoms with E-state index in [1.807, 2.05) is 0 Å². The highest BCUT2D eigenvalue weighted by atomic mass is 16.7. The number of rotatable bonds is 15. The minimum atomic E-state index is -1.56. The Kier molecular flexibility index (Phi) is 27.4. The van der Waals surface area contributed by atoms with Crippen LogP contribution in [0.4, 0.5) is 0 Å². The van der Waals surface area contributed by atoms with E-state index in [0.29, 0.717) is 6.42 Å². The Morgan fingerprint density at radius 3 is 0.973 bits per heavy atom. The van der Waals surface area contributed by atoms with Gasteiger partial charge in [-0.2, -0.15) is 0 Å². The predicted octanol–water partition coefficient (Wildman–Crippen LogP) is -8.97. The molecule has 0 radical (unpaired) electrons. The molecule has 0 aromatic rings. The Hall–Kier alpha value is -1.16. The summed E-state index contributed by atoms with van der Waals surface area (Å²) in [5.74, 6) is 0. The van der Waals surface area contributed by atoms with Crippen molar-refractivity contribution in [1.29, 1.82) is 0 Å². The van der Waals surface area contributed by atoms with Crippen LogP contribution in [-0.2, 0) is 56.8 Å². The molecule has 6 saturated heterocycles. The number of methoxy groups -OCH3 is 3. The Morgan fingerprint density at radius 2 is 0.589 bits per heavy atom. The smallest absolute Gasteiger partial charge is 0.186 e. The fourth-order valence-corrected chi connectivity index (χ4v) is 8.98. The van der Waals surface area contributed by atoms with Gasteiger partial charge in [0.05, 0.1) is 57.5 Å².